The fraction of sp³-hybridized carbons (Fsp3) is 0.136. The van der Waals surface area contributed by atoms with Crippen molar-refractivity contribution in [1.29, 1.82) is 5.26 Å². The smallest absolute Gasteiger partial charge is 0.131 e. The highest BCUT2D eigenvalue weighted by Gasteiger charge is 2.13. The SMILES string of the molecule is COc1cccc(-n2c(C)cc(C=C(C#N)c3ccccc3F)c2C)c1. The zero-order valence-electron chi connectivity index (χ0n) is 15.0. The predicted molar refractivity (Wildman–Crippen MR) is 102 cm³/mol. The Balaban J connectivity index is 2.10. The first kappa shape index (κ1) is 17.5. The largest absolute Gasteiger partial charge is 0.497 e. The molecule has 0 spiro atoms. The van der Waals surface area contributed by atoms with Crippen molar-refractivity contribution in [2.45, 2.75) is 13.8 Å². The molecule has 2 aromatic carbocycles. The van der Waals surface area contributed by atoms with Crippen LogP contribution in [0.5, 0.6) is 5.75 Å². The summed E-state index contributed by atoms with van der Waals surface area (Å²) in [6.07, 6.45) is 1.73. The topological polar surface area (TPSA) is 38.0 Å². The van der Waals surface area contributed by atoms with Crippen molar-refractivity contribution in [2.24, 2.45) is 0 Å². The van der Waals surface area contributed by atoms with Gasteiger partial charge < -0.3 is 9.30 Å². The summed E-state index contributed by atoms with van der Waals surface area (Å²) in [6, 6.07) is 18.2. The molecule has 0 amide bonds. The number of rotatable bonds is 4. The van der Waals surface area contributed by atoms with E-state index in [0.29, 0.717) is 11.1 Å². The fourth-order valence-corrected chi connectivity index (χ4v) is 3.09. The van der Waals surface area contributed by atoms with Crippen LogP contribution in [-0.2, 0) is 0 Å². The van der Waals surface area contributed by atoms with Crippen LogP contribution in [-0.4, -0.2) is 11.7 Å². The molecular weight excluding hydrogens is 327 g/mol. The van der Waals surface area contributed by atoms with Crippen molar-refractivity contribution in [3.8, 4) is 17.5 Å². The summed E-state index contributed by atoms with van der Waals surface area (Å²) >= 11 is 0. The maximum absolute atomic E-state index is 14.1. The maximum Gasteiger partial charge on any atom is 0.131 e. The second-order valence-corrected chi connectivity index (χ2v) is 6.01. The van der Waals surface area contributed by atoms with Crippen LogP contribution in [0.4, 0.5) is 4.39 Å². The average Bonchev–Trinajstić information content (AvgIpc) is 2.93. The lowest BCUT2D eigenvalue weighted by molar-refractivity contribution is 0.414. The molecule has 0 aliphatic rings. The predicted octanol–water partition coefficient (Wildman–Crippen LogP) is 5.31. The van der Waals surface area contributed by atoms with Gasteiger partial charge >= 0.3 is 0 Å². The highest BCUT2D eigenvalue weighted by atomic mass is 19.1. The van der Waals surface area contributed by atoms with E-state index >= 15 is 0 Å². The number of halogens is 1. The van der Waals surface area contributed by atoms with E-state index in [2.05, 4.69) is 10.6 Å². The molecule has 0 saturated heterocycles. The number of benzene rings is 2. The number of hydrogen-bond acceptors (Lipinski definition) is 2. The molecule has 1 heterocycles. The van der Waals surface area contributed by atoms with Crippen molar-refractivity contribution in [3.05, 3.63) is 82.9 Å². The number of nitrogens with zero attached hydrogens (tertiary/aromatic N) is 2. The highest BCUT2D eigenvalue weighted by molar-refractivity contribution is 5.90. The number of ether oxygens (including phenoxy) is 1. The van der Waals surface area contributed by atoms with Gasteiger partial charge in [0.2, 0.25) is 0 Å². The number of hydrogen-bond donors (Lipinski definition) is 0. The standard InChI is InChI=1S/C22H19FN2O/c1-15-11-17(12-18(14-24)21-9-4-5-10-22(21)23)16(2)25(15)19-7-6-8-20(13-19)26-3/h4-13H,1-3H3. The van der Waals surface area contributed by atoms with E-state index < -0.39 is 5.82 Å². The first-order chi connectivity index (χ1) is 12.5. The number of aryl methyl sites for hydroxylation is 1. The van der Waals surface area contributed by atoms with Crippen molar-refractivity contribution in [1.82, 2.24) is 4.57 Å². The first-order valence-electron chi connectivity index (χ1n) is 8.25. The van der Waals surface area contributed by atoms with Gasteiger partial charge in [0.25, 0.3) is 0 Å². The number of methoxy groups -OCH3 is 1. The third-order valence-corrected chi connectivity index (χ3v) is 4.37. The van der Waals surface area contributed by atoms with Gasteiger partial charge in [-0.05, 0) is 49.8 Å². The van der Waals surface area contributed by atoms with Gasteiger partial charge in [0, 0.05) is 28.7 Å². The Bertz CT molecular complexity index is 1020. The molecule has 3 aromatic rings. The maximum atomic E-state index is 14.1. The summed E-state index contributed by atoms with van der Waals surface area (Å²) in [6.45, 7) is 3.98. The van der Waals surface area contributed by atoms with Crippen molar-refractivity contribution in [3.63, 3.8) is 0 Å². The molecule has 0 fully saturated rings. The highest BCUT2D eigenvalue weighted by Crippen LogP contribution is 2.27. The molecule has 0 saturated carbocycles. The summed E-state index contributed by atoms with van der Waals surface area (Å²) < 4.78 is 21.4. The molecule has 26 heavy (non-hydrogen) atoms. The Morgan fingerprint density at radius 1 is 1.12 bits per heavy atom. The number of aromatic nitrogens is 1. The second-order valence-electron chi connectivity index (χ2n) is 6.01. The van der Waals surface area contributed by atoms with E-state index in [1.54, 1.807) is 31.4 Å². The van der Waals surface area contributed by atoms with Crippen LogP contribution in [0.25, 0.3) is 17.3 Å². The van der Waals surface area contributed by atoms with E-state index in [1.807, 2.05) is 44.2 Å². The second kappa shape index (κ2) is 7.28. The summed E-state index contributed by atoms with van der Waals surface area (Å²) in [4.78, 5) is 0. The molecule has 0 aliphatic heterocycles. The van der Waals surface area contributed by atoms with E-state index in [-0.39, 0.29) is 0 Å². The summed E-state index contributed by atoms with van der Waals surface area (Å²) in [7, 11) is 1.64. The molecule has 3 rings (SSSR count). The first-order valence-corrected chi connectivity index (χ1v) is 8.25. The van der Waals surface area contributed by atoms with E-state index in [9.17, 15) is 9.65 Å². The van der Waals surface area contributed by atoms with Crippen LogP contribution in [0.3, 0.4) is 0 Å². The molecule has 0 aliphatic carbocycles. The van der Waals surface area contributed by atoms with Gasteiger partial charge in [-0.3, -0.25) is 0 Å². The minimum atomic E-state index is -0.401. The molecule has 0 radical (unpaired) electrons. The average molecular weight is 346 g/mol. The van der Waals surface area contributed by atoms with Gasteiger partial charge in [0.05, 0.1) is 18.8 Å². The van der Waals surface area contributed by atoms with Gasteiger partial charge in [-0.15, -0.1) is 0 Å². The molecule has 0 atom stereocenters. The van der Waals surface area contributed by atoms with Crippen LogP contribution >= 0.6 is 0 Å². The van der Waals surface area contributed by atoms with E-state index in [1.165, 1.54) is 6.07 Å². The van der Waals surface area contributed by atoms with Crippen LogP contribution < -0.4 is 4.74 Å². The molecular formula is C22H19FN2O. The molecule has 3 nitrogen and oxygen atoms in total. The zero-order valence-corrected chi connectivity index (χ0v) is 15.0. The Kier molecular flexibility index (Phi) is 4.90. The van der Waals surface area contributed by atoms with Crippen LogP contribution in [0.15, 0.2) is 54.6 Å². The quantitative estimate of drug-likeness (QED) is 0.601. The van der Waals surface area contributed by atoms with Gasteiger partial charge in [-0.25, -0.2) is 4.39 Å². The molecule has 0 unspecified atom stereocenters. The molecule has 130 valence electrons. The summed E-state index contributed by atoms with van der Waals surface area (Å²) in [5, 5.41) is 9.51. The fourth-order valence-electron chi connectivity index (χ4n) is 3.09. The van der Waals surface area contributed by atoms with Gasteiger partial charge in [-0.1, -0.05) is 24.3 Å². The third-order valence-electron chi connectivity index (χ3n) is 4.37. The molecule has 0 N–H and O–H groups in total. The Hall–Kier alpha value is -3.32. The summed E-state index contributed by atoms with van der Waals surface area (Å²) in [5.74, 6) is 0.373. The van der Waals surface area contributed by atoms with Crippen molar-refractivity contribution in [2.75, 3.05) is 7.11 Å². The van der Waals surface area contributed by atoms with Gasteiger partial charge in [0.1, 0.15) is 11.6 Å². The van der Waals surface area contributed by atoms with Crippen LogP contribution in [0.2, 0.25) is 0 Å². The molecule has 4 heteroatoms. The lowest BCUT2D eigenvalue weighted by atomic mass is 10.0. The Labute approximate surface area is 152 Å². The van der Waals surface area contributed by atoms with Crippen LogP contribution in [0, 0.1) is 31.0 Å². The Morgan fingerprint density at radius 3 is 2.58 bits per heavy atom. The lowest BCUT2D eigenvalue weighted by Gasteiger charge is -2.11. The van der Waals surface area contributed by atoms with Crippen LogP contribution in [0.1, 0.15) is 22.5 Å². The van der Waals surface area contributed by atoms with Gasteiger partial charge in [0.15, 0.2) is 0 Å². The zero-order chi connectivity index (χ0) is 18.7. The summed E-state index contributed by atoms with van der Waals surface area (Å²) in [5.41, 5.74) is 4.45. The monoisotopic (exact) mass is 346 g/mol. The minimum absolute atomic E-state index is 0.300. The van der Waals surface area contributed by atoms with Crippen molar-refractivity contribution >= 4 is 11.6 Å². The van der Waals surface area contributed by atoms with E-state index in [0.717, 1.165) is 28.4 Å². The Morgan fingerprint density at radius 2 is 1.88 bits per heavy atom. The molecule has 1 aromatic heterocycles. The van der Waals surface area contributed by atoms with Crippen molar-refractivity contribution < 1.29 is 9.13 Å². The normalized spacial score (nSPS) is 11.3. The lowest BCUT2D eigenvalue weighted by Crippen LogP contribution is -1.99. The number of allylic oxidation sites excluding steroid dienone is 1. The third kappa shape index (κ3) is 3.25. The minimum Gasteiger partial charge on any atom is -0.497 e. The van der Waals surface area contributed by atoms with E-state index in [4.69, 9.17) is 4.74 Å². The number of nitriles is 1. The van der Waals surface area contributed by atoms with Gasteiger partial charge in [-0.2, -0.15) is 5.26 Å². The molecule has 0 bridgehead atoms.